The highest BCUT2D eigenvalue weighted by molar-refractivity contribution is 5.95. The van der Waals surface area contributed by atoms with Crippen molar-refractivity contribution in [3.8, 4) is 11.8 Å². The average molecular weight is 435 g/mol. The molecule has 1 aliphatic heterocycles. The molecule has 1 aromatic carbocycles. The molecule has 1 aromatic heterocycles. The van der Waals surface area contributed by atoms with Crippen molar-refractivity contribution in [2.24, 2.45) is 5.92 Å². The van der Waals surface area contributed by atoms with Gasteiger partial charge in [0.2, 0.25) is 0 Å². The van der Waals surface area contributed by atoms with E-state index in [1.54, 1.807) is 7.11 Å². The summed E-state index contributed by atoms with van der Waals surface area (Å²) in [5, 5.41) is 14.3. The normalized spacial score (nSPS) is 22.9. The maximum absolute atomic E-state index is 9.31. The van der Waals surface area contributed by atoms with Gasteiger partial charge in [0.05, 0.1) is 31.9 Å². The van der Waals surface area contributed by atoms with Gasteiger partial charge in [-0.1, -0.05) is 0 Å². The van der Waals surface area contributed by atoms with Crippen molar-refractivity contribution in [2.45, 2.75) is 64.0 Å². The van der Waals surface area contributed by atoms with Crippen LogP contribution in [0.15, 0.2) is 12.1 Å². The molecule has 6 heteroatoms. The number of pyridine rings is 1. The molecule has 1 saturated heterocycles. The van der Waals surface area contributed by atoms with E-state index >= 15 is 0 Å². The molecule has 1 N–H and O–H groups in total. The van der Waals surface area contributed by atoms with Gasteiger partial charge >= 0.3 is 0 Å². The number of aryl methyl sites for hydroxylation is 1. The number of likely N-dealkylation sites (tertiary alicyclic amines) is 1. The van der Waals surface area contributed by atoms with E-state index in [0.29, 0.717) is 12.6 Å². The van der Waals surface area contributed by atoms with Crippen LogP contribution in [0, 0.1) is 17.2 Å². The van der Waals surface area contributed by atoms with Crippen LogP contribution >= 0.6 is 0 Å². The Hall–Kier alpha value is -2.36. The number of ether oxygens (including phenoxy) is 2. The molecular formula is C26H34N4O2. The number of anilines is 1. The van der Waals surface area contributed by atoms with Gasteiger partial charge in [-0.2, -0.15) is 5.26 Å². The van der Waals surface area contributed by atoms with Crippen LogP contribution in [0.2, 0.25) is 0 Å². The maximum Gasteiger partial charge on any atom is 0.125 e. The van der Waals surface area contributed by atoms with Gasteiger partial charge in [0.25, 0.3) is 0 Å². The van der Waals surface area contributed by atoms with E-state index in [9.17, 15) is 5.26 Å². The van der Waals surface area contributed by atoms with Crippen molar-refractivity contribution in [3.05, 3.63) is 29.0 Å². The van der Waals surface area contributed by atoms with Crippen LogP contribution in [0.25, 0.3) is 10.9 Å². The topological polar surface area (TPSA) is 70.4 Å². The van der Waals surface area contributed by atoms with Gasteiger partial charge in [0, 0.05) is 40.8 Å². The van der Waals surface area contributed by atoms with Crippen LogP contribution in [0.4, 0.5) is 5.69 Å². The lowest BCUT2D eigenvalue weighted by atomic mass is 10.0. The number of fused-ring (bicyclic) bond motifs is 2. The third-order valence-corrected chi connectivity index (χ3v) is 7.39. The minimum Gasteiger partial charge on any atom is -0.496 e. The van der Waals surface area contributed by atoms with Crippen LogP contribution < -0.4 is 10.1 Å². The first kappa shape index (κ1) is 21.5. The molecule has 0 spiro atoms. The summed E-state index contributed by atoms with van der Waals surface area (Å²) < 4.78 is 11.8. The van der Waals surface area contributed by atoms with Gasteiger partial charge in [0.15, 0.2) is 0 Å². The van der Waals surface area contributed by atoms with Gasteiger partial charge < -0.3 is 19.7 Å². The third-order valence-electron chi connectivity index (χ3n) is 7.39. The number of nitriles is 1. The van der Waals surface area contributed by atoms with Crippen molar-refractivity contribution in [1.82, 2.24) is 9.88 Å². The molecule has 2 aromatic rings. The fraction of sp³-hybridized carbons (Fsp3) is 0.615. The largest absolute Gasteiger partial charge is 0.496 e. The Morgan fingerprint density at radius 2 is 2.06 bits per heavy atom. The molecule has 0 bridgehead atoms. The van der Waals surface area contributed by atoms with Gasteiger partial charge in [-0.15, -0.1) is 0 Å². The third kappa shape index (κ3) is 4.42. The molecule has 0 amide bonds. The zero-order valence-electron chi connectivity index (χ0n) is 19.2. The number of hydrogen-bond acceptors (Lipinski definition) is 6. The monoisotopic (exact) mass is 434 g/mol. The first-order chi connectivity index (χ1) is 15.7. The van der Waals surface area contributed by atoms with Gasteiger partial charge in [-0.05, 0) is 82.2 Å². The number of rotatable bonds is 8. The molecule has 32 heavy (non-hydrogen) atoms. The summed E-state index contributed by atoms with van der Waals surface area (Å²) in [5.41, 5.74) is 5.87. The number of benzene rings is 1. The second-order valence-electron chi connectivity index (χ2n) is 9.53. The van der Waals surface area contributed by atoms with Crippen LogP contribution in [0.1, 0.15) is 55.3 Å². The Morgan fingerprint density at radius 3 is 2.84 bits per heavy atom. The lowest BCUT2D eigenvalue weighted by Gasteiger charge is -2.21. The van der Waals surface area contributed by atoms with Gasteiger partial charge in [-0.25, -0.2) is 0 Å². The predicted octanol–water partition coefficient (Wildman–Crippen LogP) is 4.45. The molecule has 0 radical (unpaired) electrons. The molecule has 1 saturated carbocycles. The standard InChI is InChI=1S/C26H34N4O2/c1-31-25-15-22-24(14-19(25)17-32-12-11-30-9-2-3-10-30)29-23-6-4-5-21(23)26(22)28-20-8-7-18(13-20)16-27/h14-15,18,20H,2-13,17H2,1H3,(H,28,29)/t18?,20-/m1/s1. The SMILES string of the molecule is COc1cc2c(N[C@@H]3CCC(C#N)C3)c3c(nc2cc1COCCN1CCCC1)CCC3. The number of nitrogens with one attached hydrogen (secondary N) is 1. The fourth-order valence-corrected chi connectivity index (χ4v) is 5.62. The van der Waals surface area contributed by atoms with E-state index in [0.717, 1.165) is 73.9 Å². The van der Waals surface area contributed by atoms with Crippen molar-refractivity contribution in [2.75, 3.05) is 38.7 Å². The summed E-state index contributed by atoms with van der Waals surface area (Å²) in [4.78, 5) is 7.51. The Kier molecular flexibility index (Phi) is 6.47. The fourth-order valence-electron chi connectivity index (χ4n) is 5.62. The molecule has 3 aliphatic rings. The Balaban J connectivity index is 1.39. The van der Waals surface area contributed by atoms with Gasteiger partial charge in [-0.3, -0.25) is 4.98 Å². The van der Waals surface area contributed by atoms with E-state index in [4.69, 9.17) is 14.5 Å². The van der Waals surface area contributed by atoms with Crippen molar-refractivity contribution in [1.29, 1.82) is 5.26 Å². The minimum absolute atomic E-state index is 0.174. The summed E-state index contributed by atoms with van der Waals surface area (Å²) in [6, 6.07) is 7.10. The lowest BCUT2D eigenvalue weighted by Crippen LogP contribution is -2.23. The zero-order chi connectivity index (χ0) is 21.9. The first-order valence-electron chi connectivity index (χ1n) is 12.2. The van der Waals surface area contributed by atoms with Crippen molar-refractivity contribution < 1.29 is 9.47 Å². The summed E-state index contributed by atoms with van der Waals surface area (Å²) in [6.45, 7) is 4.68. The molecule has 6 nitrogen and oxygen atoms in total. The van der Waals surface area contributed by atoms with Crippen LogP contribution in [0.3, 0.4) is 0 Å². The Morgan fingerprint density at radius 1 is 1.19 bits per heavy atom. The van der Waals surface area contributed by atoms with E-state index in [1.165, 1.54) is 42.9 Å². The summed E-state index contributed by atoms with van der Waals surface area (Å²) in [6.07, 6.45) is 8.85. The average Bonchev–Trinajstić information content (AvgIpc) is 3.58. The van der Waals surface area contributed by atoms with Crippen molar-refractivity contribution >= 4 is 16.6 Å². The summed E-state index contributed by atoms with van der Waals surface area (Å²) in [5.74, 6) is 1.04. The highest BCUT2D eigenvalue weighted by Gasteiger charge is 2.27. The zero-order valence-corrected chi connectivity index (χ0v) is 19.2. The van der Waals surface area contributed by atoms with Crippen molar-refractivity contribution in [3.63, 3.8) is 0 Å². The molecule has 2 aliphatic carbocycles. The summed E-state index contributed by atoms with van der Waals surface area (Å²) in [7, 11) is 1.73. The van der Waals surface area contributed by atoms with E-state index in [1.807, 2.05) is 0 Å². The molecule has 170 valence electrons. The molecule has 2 fully saturated rings. The second-order valence-corrected chi connectivity index (χ2v) is 9.53. The summed E-state index contributed by atoms with van der Waals surface area (Å²) >= 11 is 0. The molecule has 1 unspecified atom stereocenters. The smallest absolute Gasteiger partial charge is 0.125 e. The molecule has 5 rings (SSSR count). The quantitative estimate of drug-likeness (QED) is 0.619. The number of methoxy groups -OCH3 is 1. The predicted molar refractivity (Wildman–Crippen MR) is 126 cm³/mol. The van der Waals surface area contributed by atoms with Crippen LogP contribution in [-0.4, -0.2) is 49.3 Å². The van der Waals surface area contributed by atoms with Gasteiger partial charge in [0.1, 0.15) is 5.75 Å². The molecular weight excluding hydrogens is 400 g/mol. The molecule has 2 heterocycles. The van der Waals surface area contributed by atoms with E-state index in [2.05, 4.69) is 28.4 Å². The molecule has 2 atom stereocenters. The first-order valence-corrected chi connectivity index (χ1v) is 12.2. The maximum atomic E-state index is 9.31. The second kappa shape index (κ2) is 9.64. The van der Waals surface area contributed by atoms with Crippen LogP contribution in [-0.2, 0) is 24.2 Å². The van der Waals surface area contributed by atoms with E-state index < -0.39 is 0 Å². The Labute approximate surface area is 190 Å². The number of nitrogens with zero attached hydrogens (tertiary/aromatic N) is 3. The highest BCUT2D eigenvalue weighted by Crippen LogP contribution is 2.39. The minimum atomic E-state index is 0.174. The number of hydrogen-bond donors (Lipinski definition) is 1. The van der Waals surface area contributed by atoms with E-state index in [-0.39, 0.29) is 5.92 Å². The van der Waals surface area contributed by atoms with Crippen LogP contribution in [0.5, 0.6) is 5.75 Å². The number of aromatic nitrogens is 1. The Bertz CT molecular complexity index is 1010. The highest BCUT2D eigenvalue weighted by atomic mass is 16.5. The lowest BCUT2D eigenvalue weighted by molar-refractivity contribution is 0.0979.